The molecule has 0 fully saturated rings. The molecule has 0 aliphatic carbocycles. The number of benzene rings is 1. The number of carboxylic acid groups (broad SMARTS) is 1. The number of primary amides is 1. The third kappa shape index (κ3) is 5.93. The molecule has 0 aromatic heterocycles. The largest absolute Gasteiger partial charge is 0.481 e. The highest BCUT2D eigenvalue weighted by molar-refractivity contribution is 5.94. The highest BCUT2D eigenvalue weighted by Gasteiger charge is 2.19. The van der Waals surface area contributed by atoms with Gasteiger partial charge in [-0.05, 0) is 30.5 Å². The van der Waals surface area contributed by atoms with Gasteiger partial charge in [0.25, 0.3) is 5.91 Å². The Morgan fingerprint density at radius 1 is 1.30 bits per heavy atom. The van der Waals surface area contributed by atoms with E-state index in [0.29, 0.717) is 6.42 Å². The Morgan fingerprint density at radius 2 is 1.96 bits per heavy atom. The Balaban J connectivity index is 2.61. The maximum Gasteiger partial charge on any atom is 0.319 e. The van der Waals surface area contributed by atoms with Gasteiger partial charge in [0.15, 0.2) is 0 Å². The Bertz CT molecular complexity index is 604. The molecule has 0 radical (unpaired) electrons. The van der Waals surface area contributed by atoms with Gasteiger partial charge in [0, 0.05) is 12.2 Å². The molecular formula is C15H20FN3O4. The van der Waals surface area contributed by atoms with E-state index in [-0.39, 0.29) is 23.7 Å². The second kappa shape index (κ2) is 8.11. The lowest BCUT2D eigenvalue weighted by molar-refractivity contribution is -0.142. The number of anilines is 1. The molecule has 23 heavy (non-hydrogen) atoms. The van der Waals surface area contributed by atoms with Crippen molar-refractivity contribution in [3.05, 3.63) is 29.6 Å². The molecule has 7 nitrogen and oxygen atoms in total. The molecule has 1 unspecified atom stereocenters. The second-order valence-corrected chi connectivity index (χ2v) is 5.56. The monoisotopic (exact) mass is 325 g/mol. The number of hydrogen-bond donors (Lipinski definition) is 4. The average Bonchev–Trinajstić information content (AvgIpc) is 2.42. The SMILES string of the molecule is CC(C)CC(CNC(=O)Nc1ccc(C(N)=O)c(F)c1)C(=O)O. The molecule has 0 aliphatic heterocycles. The van der Waals surface area contributed by atoms with Crippen LogP contribution >= 0.6 is 0 Å². The fourth-order valence-corrected chi connectivity index (χ4v) is 2.02. The molecule has 0 bridgehead atoms. The van der Waals surface area contributed by atoms with Gasteiger partial charge in [-0.2, -0.15) is 0 Å². The minimum absolute atomic E-state index is 0.0405. The van der Waals surface area contributed by atoms with E-state index in [1.165, 1.54) is 6.07 Å². The van der Waals surface area contributed by atoms with E-state index in [1.807, 2.05) is 13.8 Å². The average molecular weight is 325 g/mol. The van der Waals surface area contributed by atoms with E-state index in [9.17, 15) is 18.8 Å². The number of urea groups is 1. The molecule has 0 saturated carbocycles. The third-order valence-corrected chi connectivity index (χ3v) is 3.11. The number of carboxylic acids is 1. The first kappa shape index (κ1) is 18.4. The molecule has 126 valence electrons. The molecular weight excluding hydrogens is 305 g/mol. The van der Waals surface area contributed by atoms with Crippen LogP contribution in [0.1, 0.15) is 30.6 Å². The summed E-state index contributed by atoms with van der Waals surface area (Å²) in [4.78, 5) is 33.7. The number of nitrogens with two attached hydrogens (primary N) is 1. The van der Waals surface area contributed by atoms with Gasteiger partial charge in [0.05, 0.1) is 11.5 Å². The van der Waals surface area contributed by atoms with Crippen molar-refractivity contribution in [3.63, 3.8) is 0 Å². The number of hydrogen-bond acceptors (Lipinski definition) is 3. The molecule has 3 amide bonds. The molecule has 1 aromatic carbocycles. The molecule has 1 aromatic rings. The number of carbonyl (C=O) groups is 3. The molecule has 0 spiro atoms. The van der Waals surface area contributed by atoms with Crippen molar-refractivity contribution in [2.24, 2.45) is 17.6 Å². The molecule has 8 heteroatoms. The van der Waals surface area contributed by atoms with Gasteiger partial charge in [-0.25, -0.2) is 9.18 Å². The molecule has 1 rings (SSSR count). The van der Waals surface area contributed by atoms with Crippen LogP contribution in [0.5, 0.6) is 0 Å². The normalized spacial score (nSPS) is 11.8. The number of halogens is 1. The smallest absolute Gasteiger partial charge is 0.319 e. The van der Waals surface area contributed by atoms with Gasteiger partial charge in [-0.15, -0.1) is 0 Å². The summed E-state index contributed by atoms with van der Waals surface area (Å²) in [6.45, 7) is 3.74. The summed E-state index contributed by atoms with van der Waals surface area (Å²) < 4.78 is 13.6. The highest BCUT2D eigenvalue weighted by Crippen LogP contribution is 2.14. The quantitative estimate of drug-likeness (QED) is 0.610. The summed E-state index contributed by atoms with van der Waals surface area (Å²) in [6, 6.07) is 2.78. The third-order valence-electron chi connectivity index (χ3n) is 3.11. The zero-order valence-electron chi connectivity index (χ0n) is 12.9. The Morgan fingerprint density at radius 3 is 2.43 bits per heavy atom. The number of nitrogens with one attached hydrogen (secondary N) is 2. The predicted molar refractivity (Wildman–Crippen MR) is 82.5 cm³/mol. The van der Waals surface area contributed by atoms with Gasteiger partial charge in [0.1, 0.15) is 5.82 Å². The fourth-order valence-electron chi connectivity index (χ4n) is 2.02. The molecule has 0 saturated heterocycles. The van der Waals surface area contributed by atoms with E-state index in [2.05, 4.69) is 10.6 Å². The number of amides is 3. The summed E-state index contributed by atoms with van der Waals surface area (Å²) in [7, 11) is 0. The van der Waals surface area contributed by atoms with Crippen molar-refractivity contribution in [2.75, 3.05) is 11.9 Å². The molecule has 1 atom stereocenters. The van der Waals surface area contributed by atoms with E-state index < -0.39 is 29.6 Å². The van der Waals surface area contributed by atoms with Gasteiger partial charge in [0.2, 0.25) is 0 Å². The zero-order chi connectivity index (χ0) is 17.6. The summed E-state index contributed by atoms with van der Waals surface area (Å²) in [6.07, 6.45) is 0.428. The summed E-state index contributed by atoms with van der Waals surface area (Å²) in [5.41, 5.74) is 4.83. The second-order valence-electron chi connectivity index (χ2n) is 5.56. The molecule has 0 aliphatic rings. The Kier molecular flexibility index (Phi) is 6.49. The van der Waals surface area contributed by atoms with E-state index in [0.717, 1.165) is 12.1 Å². The number of carbonyl (C=O) groups excluding carboxylic acids is 2. The van der Waals surface area contributed by atoms with Crippen molar-refractivity contribution in [1.29, 1.82) is 0 Å². The minimum atomic E-state index is -0.990. The maximum absolute atomic E-state index is 13.6. The Labute approximate surface area is 133 Å². The van der Waals surface area contributed by atoms with Gasteiger partial charge in [-0.3, -0.25) is 9.59 Å². The maximum atomic E-state index is 13.6. The van der Waals surface area contributed by atoms with E-state index in [4.69, 9.17) is 10.8 Å². The van der Waals surface area contributed by atoms with Crippen LogP contribution in [0.3, 0.4) is 0 Å². The first-order valence-electron chi connectivity index (χ1n) is 7.07. The zero-order valence-corrected chi connectivity index (χ0v) is 12.9. The van der Waals surface area contributed by atoms with Crippen LogP contribution in [-0.4, -0.2) is 29.6 Å². The number of aliphatic carboxylic acids is 1. The van der Waals surface area contributed by atoms with Gasteiger partial charge in [-0.1, -0.05) is 13.8 Å². The van der Waals surface area contributed by atoms with Crippen LogP contribution in [0, 0.1) is 17.7 Å². The summed E-state index contributed by atoms with van der Waals surface area (Å²) in [5.74, 6) is -3.27. The lowest BCUT2D eigenvalue weighted by Crippen LogP contribution is -2.36. The van der Waals surface area contributed by atoms with Crippen LogP contribution in [0.4, 0.5) is 14.9 Å². The first-order chi connectivity index (χ1) is 10.7. The fraction of sp³-hybridized carbons (Fsp3) is 0.400. The van der Waals surface area contributed by atoms with E-state index >= 15 is 0 Å². The standard InChI is InChI=1S/C15H20FN3O4/c1-8(2)5-9(14(21)22)7-18-15(23)19-10-3-4-11(13(17)20)12(16)6-10/h3-4,6,8-9H,5,7H2,1-2H3,(H2,17,20)(H,21,22)(H2,18,19,23). The highest BCUT2D eigenvalue weighted by atomic mass is 19.1. The van der Waals surface area contributed by atoms with Crippen LogP contribution < -0.4 is 16.4 Å². The molecule has 0 heterocycles. The Hall–Kier alpha value is -2.64. The van der Waals surface area contributed by atoms with Crippen molar-refractivity contribution in [1.82, 2.24) is 5.32 Å². The first-order valence-corrected chi connectivity index (χ1v) is 7.07. The van der Waals surface area contributed by atoms with Gasteiger partial charge < -0.3 is 21.5 Å². The van der Waals surface area contributed by atoms with Crippen LogP contribution in [-0.2, 0) is 4.79 Å². The minimum Gasteiger partial charge on any atom is -0.481 e. The van der Waals surface area contributed by atoms with Crippen LogP contribution in [0.2, 0.25) is 0 Å². The van der Waals surface area contributed by atoms with Crippen molar-refractivity contribution in [2.45, 2.75) is 20.3 Å². The number of rotatable bonds is 7. The van der Waals surface area contributed by atoms with Crippen LogP contribution in [0.25, 0.3) is 0 Å². The van der Waals surface area contributed by atoms with Gasteiger partial charge >= 0.3 is 12.0 Å². The predicted octanol–water partition coefficient (Wildman–Crippen LogP) is 1.79. The lowest BCUT2D eigenvalue weighted by Gasteiger charge is -2.15. The van der Waals surface area contributed by atoms with E-state index in [1.54, 1.807) is 0 Å². The topological polar surface area (TPSA) is 122 Å². The van der Waals surface area contributed by atoms with Crippen molar-refractivity contribution >= 4 is 23.6 Å². The summed E-state index contributed by atoms with van der Waals surface area (Å²) in [5, 5.41) is 13.9. The lowest BCUT2D eigenvalue weighted by atomic mass is 9.97. The van der Waals surface area contributed by atoms with Crippen molar-refractivity contribution < 1.29 is 23.9 Å². The van der Waals surface area contributed by atoms with Crippen LogP contribution in [0.15, 0.2) is 18.2 Å². The van der Waals surface area contributed by atoms with Crippen molar-refractivity contribution in [3.8, 4) is 0 Å². The summed E-state index contributed by atoms with van der Waals surface area (Å²) >= 11 is 0. The molecule has 5 N–H and O–H groups in total.